The van der Waals surface area contributed by atoms with E-state index in [1.807, 2.05) is 0 Å². The van der Waals surface area contributed by atoms with Crippen molar-refractivity contribution in [2.75, 3.05) is 0 Å². The molecule has 1 aromatic heterocycles. The van der Waals surface area contributed by atoms with Crippen molar-refractivity contribution < 1.29 is 22.3 Å². The topological polar surface area (TPSA) is 85.4 Å². The number of hydrogen-bond acceptors (Lipinski definition) is 5. The first kappa shape index (κ1) is 27.3. The number of carbonyl (C=O) groups is 1. The Labute approximate surface area is 232 Å². The number of amides is 1. The molecule has 3 aromatic rings. The van der Waals surface area contributed by atoms with E-state index in [-0.39, 0.29) is 30.2 Å². The summed E-state index contributed by atoms with van der Waals surface area (Å²) in [4.78, 5) is 17.1. The zero-order chi connectivity index (χ0) is 26.6. The molecule has 1 aliphatic rings. The average molecular weight is 626 g/mol. The van der Waals surface area contributed by atoms with Gasteiger partial charge in [0.2, 0.25) is 10.0 Å². The third kappa shape index (κ3) is 7.19. The predicted molar refractivity (Wildman–Crippen MR) is 145 cm³/mol. The first-order chi connectivity index (χ1) is 17.6. The van der Waals surface area contributed by atoms with Crippen molar-refractivity contribution in [3.05, 3.63) is 116 Å². The quantitative estimate of drug-likeness (QED) is 0.315. The number of pyridine rings is 1. The monoisotopic (exact) mass is 624 g/mol. The number of sulfonamides is 1. The second-order valence-electron chi connectivity index (χ2n) is 8.17. The Morgan fingerprint density at radius 3 is 2.62 bits per heavy atom. The molecule has 1 N–H and O–H groups in total. The van der Waals surface area contributed by atoms with E-state index in [1.165, 1.54) is 18.2 Å². The smallest absolute Gasteiger partial charge is 0.283 e. The van der Waals surface area contributed by atoms with Gasteiger partial charge in [0.25, 0.3) is 5.91 Å². The number of rotatable bonds is 8. The summed E-state index contributed by atoms with van der Waals surface area (Å²) in [5, 5.41) is -0.132. The number of nitrogens with zero attached hydrogens (tertiary/aromatic N) is 1. The van der Waals surface area contributed by atoms with Crippen molar-refractivity contribution in [2.45, 2.75) is 24.7 Å². The first-order valence-electron chi connectivity index (χ1n) is 11.0. The molecule has 2 aromatic carbocycles. The van der Waals surface area contributed by atoms with E-state index < -0.39 is 27.0 Å². The maximum Gasteiger partial charge on any atom is 0.283 e. The number of benzene rings is 2. The molecular weight excluding hydrogens is 606 g/mol. The molecule has 0 bridgehead atoms. The van der Waals surface area contributed by atoms with Gasteiger partial charge in [0.05, 0.1) is 0 Å². The number of nitrogens with one attached hydrogen (secondary N) is 1. The summed E-state index contributed by atoms with van der Waals surface area (Å²) < 4.78 is 48.1. The molecule has 1 unspecified atom stereocenters. The Kier molecular flexibility index (Phi) is 8.69. The van der Waals surface area contributed by atoms with Crippen LogP contribution in [0, 0.1) is 5.82 Å². The highest BCUT2D eigenvalue weighted by Crippen LogP contribution is 2.27. The number of ether oxygens (including phenoxy) is 1. The first-order valence-corrected chi connectivity index (χ1v) is 14.1. The second kappa shape index (κ2) is 11.8. The summed E-state index contributed by atoms with van der Waals surface area (Å²) >= 11 is 15.3. The van der Waals surface area contributed by atoms with Crippen molar-refractivity contribution in [1.29, 1.82) is 0 Å². The van der Waals surface area contributed by atoms with Gasteiger partial charge in [-0.25, -0.2) is 22.5 Å². The van der Waals surface area contributed by atoms with E-state index in [4.69, 9.17) is 27.9 Å². The van der Waals surface area contributed by atoms with Gasteiger partial charge in [-0.3, -0.25) is 4.79 Å². The highest BCUT2D eigenvalue weighted by molar-refractivity contribution is 9.11. The maximum atomic E-state index is 14.2. The number of hydrogen-bond donors (Lipinski definition) is 1. The van der Waals surface area contributed by atoms with Crippen molar-refractivity contribution in [3.63, 3.8) is 0 Å². The summed E-state index contributed by atoms with van der Waals surface area (Å²) in [7, 11) is -3.96. The fraction of sp³-hybridized carbons (Fsp3) is 0.154. The van der Waals surface area contributed by atoms with Gasteiger partial charge in [-0.05, 0) is 48.9 Å². The van der Waals surface area contributed by atoms with Gasteiger partial charge in [0.15, 0.2) is 0 Å². The van der Waals surface area contributed by atoms with Crippen molar-refractivity contribution in [1.82, 2.24) is 9.71 Å². The van der Waals surface area contributed by atoms with E-state index in [1.54, 1.807) is 54.6 Å². The van der Waals surface area contributed by atoms with Crippen molar-refractivity contribution in [3.8, 4) is 5.75 Å². The minimum atomic E-state index is -3.96. The standard InChI is InChI=1S/C26H20BrCl2FN2O4S/c27-18-3-1-5-22(13-18)37(34,35)32-26(33)24-6-2-4-21(31-24)12-17-11-19(28)9-10-25(17)36-15-16-7-8-20(29)14-23(16)30/h1-4,6-11,13-14,22H,5,12,15H2,(H,32,33). The molecular formula is C26H20BrCl2FN2O4S. The average Bonchev–Trinajstić information content (AvgIpc) is 2.84. The summed E-state index contributed by atoms with van der Waals surface area (Å²) in [5.41, 5.74) is 1.42. The lowest BCUT2D eigenvalue weighted by molar-refractivity contribution is 0.0976. The molecule has 192 valence electrons. The van der Waals surface area contributed by atoms with E-state index in [0.717, 1.165) is 0 Å². The Bertz CT molecular complexity index is 1510. The molecule has 0 fully saturated rings. The van der Waals surface area contributed by atoms with Crippen LogP contribution in [0.15, 0.2) is 77.3 Å². The lowest BCUT2D eigenvalue weighted by Crippen LogP contribution is -2.38. The van der Waals surface area contributed by atoms with Crippen molar-refractivity contribution >= 4 is 55.1 Å². The minimum Gasteiger partial charge on any atom is -0.489 e. The van der Waals surface area contributed by atoms with Crippen molar-refractivity contribution in [2.24, 2.45) is 0 Å². The zero-order valence-electron chi connectivity index (χ0n) is 19.1. The second-order valence-corrected chi connectivity index (χ2v) is 11.9. The summed E-state index contributed by atoms with van der Waals surface area (Å²) in [6.45, 7) is -0.0354. The van der Waals surface area contributed by atoms with Crippen LogP contribution >= 0.6 is 39.1 Å². The third-order valence-corrected chi connectivity index (χ3v) is 8.05. The predicted octanol–water partition coefficient (Wildman–Crippen LogP) is 6.36. The van der Waals surface area contributed by atoms with E-state index in [0.29, 0.717) is 32.1 Å². The highest BCUT2D eigenvalue weighted by Gasteiger charge is 2.27. The number of carbonyl (C=O) groups excluding carboxylic acids is 1. The van der Waals surface area contributed by atoms with Crippen LogP contribution in [0.2, 0.25) is 10.0 Å². The van der Waals surface area contributed by atoms with Crippen LogP contribution in [-0.4, -0.2) is 24.6 Å². The lowest BCUT2D eigenvalue weighted by atomic mass is 10.1. The summed E-state index contributed by atoms with van der Waals surface area (Å²) in [6.07, 6.45) is 5.47. The fourth-order valence-electron chi connectivity index (χ4n) is 3.61. The van der Waals surface area contributed by atoms with Crippen LogP contribution < -0.4 is 9.46 Å². The molecule has 0 saturated heterocycles. The molecule has 0 aliphatic heterocycles. The van der Waals surface area contributed by atoms with Gasteiger partial charge >= 0.3 is 0 Å². The molecule has 11 heteroatoms. The zero-order valence-corrected chi connectivity index (χ0v) is 23.0. The molecule has 1 atom stereocenters. The molecule has 37 heavy (non-hydrogen) atoms. The fourth-order valence-corrected chi connectivity index (χ4v) is 5.85. The molecule has 0 spiro atoms. The Morgan fingerprint density at radius 2 is 1.86 bits per heavy atom. The highest BCUT2D eigenvalue weighted by atomic mass is 79.9. The number of halogens is 4. The SMILES string of the molecule is O=C(NS(=O)(=O)C1C=C(Br)C=CC1)c1cccc(Cc2cc(Cl)ccc2OCc2ccc(Cl)cc2F)n1. The maximum absolute atomic E-state index is 14.2. The molecule has 1 heterocycles. The van der Waals surface area contributed by atoms with Gasteiger partial charge in [-0.15, -0.1) is 0 Å². The Hall–Kier alpha value is -2.72. The van der Waals surface area contributed by atoms with Gasteiger partial charge in [0, 0.05) is 37.8 Å². The largest absolute Gasteiger partial charge is 0.489 e. The van der Waals surface area contributed by atoms with Gasteiger partial charge in [-0.1, -0.05) is 69.5 Å². The lowest BCUT2D eigenvalue weighted by Gasteiger charge is -2.16. The van der Waals surface area contributed by atoms with Crippen LogP contribution in [0.4, 0.5) is 4.39 Å². The van der Waals surface area contributed by atoms with E-state index in [2.05, 4.69) is 25.6 Å². The molecule has 1 aliphatic carbocycles. The molecule has 0 saturated carbocycles. The molecule has 6 nitrogen and oxygen atoms in total. The van der Waals surface area contributed by atoms with Crippen LogP contribution in [0.3, 0.4) is 0 Å². The summed E-state index contributed by atoms with van der Waals surface area (Å²) in [6, 6.07) is 14.1. The van der Waals surface area contributed by atoms with Crippen LogP contribution in [0.5, 0.6) is 5.75 Å². The normalized spacial score (nSPS) is 15.2. The minimum absolute atomic E-state index is 0.0354. The van der Waals surface area contributed by atoms with Gasteiger partial charge < -0.3 is 4.74 Å². The van der Waals surface area contributed by atoms with E-state index >= 15 is 0 Å². The van der Waals surface area contributed by atoms with Gasteiger partial charge in [0.1, 0.15) is 29.1 Å². The molecule has 4 rings (SSSR count). The number of allylic oxidation sites excluding steroid dienone is 3. The van der Waals surface area contributed by atoms with Crippen LogP contribution in [0.1, 0.15) is 33.7 Å². The number of aromatic nitrogens is 1. The molecule has 1 amide bonds. The Balaban J connectivity index is 1.50. The van der Waals surface area contributed by atoms with Crippen LogP contribution in [-0.2, 0) is 23.1 Å². The summed E-state index contributed by atoms with van der Waals surface area (Å²) in [5.74, 6) is -0.854. The van der Waals surface area contributed by atoms with Gasteiger partial charge in [-0.2, -0.15) is 0 Å². The molecule has 0 radical (unpaired) electrons. The van der Waals surface area contributed by atoms with E-state index in [9.17, 15) is 17.6 Å². The Morgan fingerprint density at radius 1 is 1.11 bits per heavy atom. The van der Waals surface area contributed by atoms with Crippen LogP contribution in [0.25, 0.3) is 0 Å². The third-order valence-electron chi connectivity index (χ3n) is 5.46.